The van der Waals surface area contributed by atoms with Crippen molar-refractivity contribution in [3.8, 4) is 0 Å². The van der Waals surface area contributed by atoms with Gasteiger partial charge in [0, 0.05) is 12.2 Å². The molecule has 1 aliphatic heterocycles. The molecule has 1 aliphatic rings. The number of carbonyl (C=O) groups is 1. The molecule has 0 aromatic heterocycles. The van der Waals surface area contributed by atoms with Crippen LogP contribution in [-0.2, 0) is 9.53 Å². The number of rotatable bonds is 1. The number of hydrogen-bond donors (Lipinski definition) is 0. The molecule has 0 N–H and O–H groups in total. The minimum Gasteiger partial charge on any atom is -0.374 e. The summed E-state index contributed by atoms with van der Waals surface area (Å²) in [7, 11) is 0. The van der Waals surface area contributed by atoms with E-state index < -0.39 is 0 Å². The van der Waals surface area contributed by atoms with Gasteiger partial charge in [-0.3, -0.25) is 4.79 Å². The smallest absolute Gasteiger partial charge is 0.186 e. The molecular weight excluding hydrogens is 160 g/mol. The fourth-order valence-corrected chi connectivity index (χ4v) is 2.43. The van der Waals surface area contributed by atoms with Gasteiger partial charge in [0.1, 0.15) is 0 Å². The van der Waals surface area contributed by atoms with E-state index in [0.717, 1.165) is 6.42 Å². The summed E-state index contributed by atoms with van der Waals surface area (Å²) >= 11 is 1.41. The first-order valence-corrected chi connectivity index (χ1v) is 4.80. The summed E-state index contributed by atoms with van der Waals surface area (Å²) in [6, 6.07) is 0. The van der Waals surface area contributed by atoms with Gasteiger partial charge < -0.3 is 4.74 Å². The Bertz CT molecular complexity index is 158. The fourth-order valence-electron chi connectivity index (χ4n) is 1.39. The molecule has 1 rings (SSSR count). The summed E-state index contributed by atoms with van der Waals surface area (Å²) in [5.41, 5.74) is 0. The molecular formula is C8H14O2S. The van der Waals surface area contributed by atoms with Crippen molar-refractivity contribution in [3.05, 3.63) is 0 Å². The summed E-state index contributed by atoms with van der Waals surface area (Å²) < 4.78 is 5.50. The predicted molar refractivity (Wildman–Crippen MR) is 46.7 cm³/mol. The first kappa shape index (κ1) is 9.07. The van der Waals surface area contributed by atoms with Crippen LogP contribution in [0, 0.1) is 0 Å². The lowest BCUT2D eigenvalue weighted by molar-refractivity contribution is -0.109. The number of ether oxygens (including phenoxy) is 1. The molecule has 0 aromatic carbocycles. The average molecular weight is 174 g/mol. The van der Waals surface area contributed by atoms with Crippen LogP contribution >= 0.6 is 11.8 Å². The number of thioether (sulfide) groups is 1. The quantitative estimate of drug-likeness (QED) is 0.606. The van der Waals surface area contributed by atoms with Gasteiger partial charge in [-0.05, 0) is 20.3 Å². The van der Waals surface area contributed by atoms with E-state index in [1.165, 1.54) is 11.8 Å². The molecule has 0 radical (unpaired) electrons. The Balaban J connectivity index is 2.40. The third-order valence-corrected chi connectivity index (χ3v) is 3.06. The maximum absolute atomic E-state index is 10.8. The second kappa shape index (κ2) is 3.59. The highest BCUT2D eigenvalue weighted by Gasteiger charge is 2.30. The Morgan fingerprint density at radius 1 is 1.55 bits per heavy atom. The zero-order chi connectivity index (χ0) is 8.43. The van der Waals surface area contributed by atoms with Gasteiger partial charge in [0.15, 0.2) is 5.12 Å². The van der Waals surface area contributed by atoms with E-state index in [-0.39, 0.29) is 11.2 Å². The largest absolute Gasteiger partial charge is 0.374 e. The molecule has 0 spiro atoms. The van der Waals surface area contributed by atoms with Crippen LogP contribution in [0.4, 0.5) is 0 Å². The summed E-state index contributed by atoms with van der Waals surface area (Å²) in [4.78, 5) is 10.8. The SMILES string of the molecule is CC(=O)S[C@H]1C[C@@H](C)O[C@@H]1C. The van der Waals surface area contributed by atoms with Crippen LogP contribution in [0.2, 0.25) is 0 Å². The van der Waals surface area contributed by atoms with Crippen molar-refractivity contribution in [3.63, 3.8) is 0 Å². The molecule has 0 bridgehead atoms. The summed E-state index contributed by atoms with van der Waals surface area (Å²) in [5, 5.41) is 0.571. The van der Waals surface area contributed by atoms with E-state index in [2.05, 4.69) is 6.92 Å². The Kier molecular flexibility index (Phi) is 2.96. The third-order valence-electron chi connectivity index (χ3n) is 1.85. The van der Waals surface area contributed by atoms with Gasteiger partial charge in [0.05, 0.1) is 12.2 Å². The summed E-state index contributed by atoms with van der Waals surface area (Å²) in [6.45, 7) is 5.70. The van der Waals surface area contributed by atoms with Gasteiger partial charge in [-0.2, -0.15) is 0 Å². The molecule has 1 heterocycles. The molecule has 3 atom stereocenters. The van der Waals surface area contributed by atoms with Crippen molar-refractivity contribution < 1.29 is 9.53 Å². The monoisotopic (exact) mass is 174 g/mol. The fraction of sp³-hybridized carbons (Fsp3) is 0.875. The van der Waals surface area contributed by atoms with Crippen LogP contribution in [0.25, 0.3) is 0 Å². The highest BCUT2D eigenvalue weighted by Crippen LogP contribution is 2.30. The van der Waals surface area contributed by atoms with E-state index in [1.807, 2.05) is 6.92 Å². The standard InChI is InChI=1S/C8H14O2S/c1-5-4-8(6(2)10-5)11-7(3)9/h5-6,8H,4H2,1-3H3/t5-,6-,8+/m1/s1. The molecule has 0 aromatic rings. The highest BCUT2D eigenvalue weighted by molar-refractivity contribution is 8.14. The van der Waals surface area contributed by atoms with E-state index in [1.54, 1.807) is 6.92 Å². The van der Waals surface area contributed by atoms with E-state index in [4.69, 9.17) is 4.74 Å². The first-order valence-electron chi connectivity index (χ1n) is 3.92. The van der Waals surface area contributed by atoms with Gasteiger partial charge in [-0.1, -0.05) is 11.8 Å². The molecule has 1 fully saturated rings. The molecule has 2 nitrogen and oxygen atoms in total. The minimum absolute atomic E-state index is 0.194. The minimum atomic E-state index is 0.194. The Labute approximate surface area is 71.7 Å². The third kappa shape index (κ3) is 2.49. The van der Waals surface area contributed by atoms with Gasteiger partial charge in [-0.25, -0.2) is 0 Å². The van der Waals surface area contributed by atoms with Gasteiger partial charge in [0.25, 0.3) is 0 Å². The zero-order valence-corrected chi connectivity index (χ0v) is 7.98. The van der Waals surface area contributed by atoms with Crippen LogP contribution in [0.1, 0.15) is 27.2 Å². The highest BCUT2D eigenvalue weighted by atomic mass is 32.2. The van der Waals surface area contributed by atoms with Crippen molar-refractivity contribution in [2.75, 3.05) is 0 Å². The van der Waals surface area contributed by atoms with Crippen molar-refractivity contribution in [2.45, 2.75) is 44.6 Å². The molecule has 3 heteroatoms. The Morgan fingerprint density at radius 2 is 2.18 bits per heavy atom. The number of hydrogen-bond acceptors (Lipinski definition) is 3. The summed E-state index contributed by atoms with van der Waals surface area (Å²) in [5.74, 6) is 0. The molecule has 64 valence electrons. The average Bonchev–Trinajstić information content (AvgIpc) is 2.09. The Hall–Kier alpha value is -0.0200. The van der Waals surface area contributed by atoms with Gasteiger partial charge >= 0.3 is 0 Å². The van der Waals surface area contributed by atoms with Crippen molar-refractivity contribution in [1.82, 2.24) is 0 Å². The van der Waals surface area contributed by atoms with Crippen LogP contribution in [0.15, 0.2) is 0 Å². The maximum atomic E-state index is 10.8. The lowest BCUT2D eigenvalue weighted by atomic mass is 10.2. The molecule has 0 saturated carbocycles. The van der Waals surface area contributed by atoms with Crippen LogP contribution < -0.4 is 0 Å². The molecule has 0 aliphatic carbocycles. The lowest BCUT2D eigenvalue weighted by Gasteiger charge is -2.09. The van der Waals surface area contributed by atoms with Crippen molar-refractivity contribution in [2.24, 2.45) is 0 Å². The van der Waals surface area contributed by atoms with Crippen molar-refractivity contribution >= 4 is 16.9 Å². The molecule has 11 heavy (non-hydrogen) atoms. The summed E-state index contributed by atoms with van der Waals surface area (Å²) in [6.07, 6.45) is 1.56. The second-order valence-electron chi connectivity index (χ2n) is 3.04. The van der Waals surface area contributed by atoms with E-state index in [9.17, 15) is 4.79 Å². The normalized spacial score (nSPS) is 37.5. The molecule has 0 amide bonds. The van der Waals surface area contributed by atoms with E-state index in [0.29, 0.717) is 11.4 Å². The molecule has 1 saturated heterocycles. The lowest BCUT2D eigenvalue weighted by Crippen LogP contribution is -2.14. The van der Waals surface area contributed by atoms with Gasteiger partial charge in [-0.15, -0.1) is 0 Å². The first-order chi connectivity index (χ1) is 5.09. The number of carbonyl (C=O) groups excluding carboxylic acids is 1. The van der Waals surface area contributed by atoms with E-state index >= 15 is 0 Å². The second-order valence-corrected chi connectivity index (χ2v) is 4.45. The molecule has 0 unspecified atom stereocenters. The van der Waals surface area contributed by atoms with Crippen LogP contribution in [0.5, 0.6) is 0 Å². The van der Waals surface area contributed by atoms with Crippen molar-refractivity contribution in [1.29, 1.82) is 0 Å². The predicted octanol–water partition coefficient (Wildman–Crippen LogP) is 1.83. The van der Waals surface area contributed by atoms with Gasteiger partial charge in [0.2, 0.25) is 0 Å². The topological polar surface area (TPSA) is 26.3 Å². The zero-order valence-electron chi connectivity index (χ0n) is 7.16. The maximum Gasteiger partial charge on any atom is 0.186 e. The van der Waals surface area contributed by atoms with Crippen LogP contribution in [0.3, 0.4) is 0 Å². The van der Waals surface area contributed by atoms with Crippen LogP contribution in [-0.4, -0.2) is 22.6 Å². The Morgan fingerprint density at radius 3 is 2.55 bits per heavy atom.